The van der Waals surface area contributed by atoms with Gasteiger partial charge in [0, 0.05) is 30.1 Å². The van der Waals surface area contributed by atoms with Crippen LogP contribution in [0.2, 0.25) is 0 Å². The van der Waals surface area contributed by atoms with E-state index in [1.807, 2.05) is 17.5 Å². The number of nitrogens with two attached hydrogens (primary N) is 1. The van der Waals surface area contributed by atoms with E-state index in [-0.39, 0.29) is 5.91 Å². The van der Waals surface area contributed by atoms with Crippen molar-refractivity contribution in [3.05, 3.63) is 34.7 Å². The fraction of sp³-hybridized carbons (Fsp3) is 0.143. The van der Waals surface area contributed by atoms with E-state index < -0.39 is 0 Å². The van der Waals surface area contributed by atoms with E-state index in [4.69, 9.17) is 10.3 Å². The third kappa shape index (κ3) is 3.02. The molecular weight excluding hydrogens is 302 g/mol. The highest BCUT2D eigenvalue weighted by molar-refractivity contribution is 7.09. The second-order valence-corrected chi connectivity index (χ2v) is 5.45. The van der Waals surface area contributed by atoms with Crippen molar-refractivity contribution in [2.24, 2.45) is 5.73 Å². The highest BCUT2D eigenvalue weighted by Gasteiger charge is 2.13. The Hall–Kier alpha value is -2.58. The molecule has 0 aliphatic rings. The number of amides is 1. The summed E-state index contributed by atoms with van der Waals surface area (Å²) >= 11 is 1.45. The minimum atomic E-state index is -0.117. The van der Waals surface area contributed by atoms with Crippen molar-refractivity contribution in [3.63, 3.8) is 0 Å². The Morgan fingerprint density at radius 1 is 1.32 bits per heavy atom. The van der Waals surface area contributed by atoms with E-state index >= 15 is 0 Å². The normalized spacial score (nSPS) is 10.6. The van der Waals surface area contributed by atoms with Crippen LogP contribution in [-0.4, -0.2) is 21.0 Å². The highest BCUT2D eigenvalue weighted by atomic mass is 32.1. The number of hydrogen-bond donors (Lipinski definition) is 2. The van der Waals surface area contributed by atoms with Gasteiger partial charge in [0.05, 0.1) is 0 Å². The van der Waals surface area contributed by atoms with Gasteiger partial charge in [0.25, 0.3) is 5.89 Å². The van der Waals surface area contributed by atoms with E-state index in [0.717, 1.165) is 10.6 Å². The summed E-state index contributed by atoms with van der Waals surface area (Å²) in [4.78, 5) is 19.6. The molecule has 1 amide bonds. The SMILES string of the molecule is CC(=O)Nc1ccc(-c2noc(-c3csc(CN)n3)n2)cc1. The molecule has 2 heterocycles. The Kier molecular flexibility index (Phi) is 3.94. The predicted molar refractivity (Wildman–Crippen MR) is 83.0 cm³/mol. The van der Waals surface area contributed by atoms with Crippen LogP contribution < -0.4 is 11.1 Å². The van der Waals surface area contributed by atoms with Gasteiger partial charge in [-0.2, -0.15) is 4.98 Å². The molecule has 8 heteroatoms. The molecule has 22 heavy (non-hydrogen) atoms. The zero-order valence-electron chi connectivity index (χ0n) is 11.7. The van der Waals surface area contributed by atoms with E-state index in [2.05, 4.69) is 20.4 Å². The smallest absolute Gasteiger partial charge is 0.277 e. The summed E-state index contributed by atoms with van der Waals surface area (Å²) in [6.07, 6.45) is 0. The minimum Gasteiger partial charge on any atom is -0.332 e. The van der Waals surface area contributed by atoms with Crippen LogP contribution in [0.4, 0.5) is 5.69 Å². The van der Waals surface area contributed by atoms with Crippen LogP contribution in [0.1, 0.15) is 11.9 Å². The first-order valence-electron chi connectivity index (χ1n) is 6.52. The lowest BCUT2D eigenvalue weighted by Gasteiger charge is -2.01. The minimum absolute atomic E-state index is 0.117. The van der Waals surface area contributed by atoms with Gasteiger partial charge >= 0.3 is 0 Å². The molecule has 112 valence electrons. The van der Waals surface area contributed by atoms with Gasteiger partial charge in [0.15, 0.2) is 0 Å². The Morgan fingerprint density at radius 2 is 2.09 bits per heavy atom. The molecule has 0 unspecified atom stereocenters. The summed E-state index contributed by atoms with van der Waals surface area (Å²) in [7, 11) is 0. The van der Waals surface area contributed by atoms with Crippen molar-refractivity contribution in [1.29, 1.82) is 0 Å². The quantitative estimate of drug-likeness (QED) is 0.765. The molecule has 2 aromatic heterocycles. The van der Waals surface area contributed by atoms with Gasteiger partial charge in [-0.3, -0.25) is 4.79 Å². The Labute approximate surface area is 130 Å². The molecule has 1 aromatic carbocycles. The average Bonchev–Trinajstić information content (AvgIpc) is 3.16. The van der Waals surface area contributed by atoms with Crippen LogP contribution >= 0.6 is 11.3 Å². The topological polar surface area (TPSA) is 107 Å². The number of anilines is 1. The molecule has 3 aromatic rings. The zero-order chi connectivity index (χ0) is 15.5. The average molecular weight is 315 g/mol. The van der Waals surface area contributed by atoms with Crippen LogP contribution in [0, 0.1) is 0 Å². The second-order valence-electron chi connectivity index (χ2n) is 4.51. The molecule has 0 aliphatic heterocycles. The van der Waals surface area contributed by atoms with E-state index in [1.54, 1.807) is 12.1 Å². The molecule has 0 atom stereocenters. The zero-order valence-corrected chi connectivity index (χ0v) is 12.6. The fourth-order valence-electron chi connectivity index (χ4n) is 1.85. The lowest BCUT2D eigenvalue weighted by molar-refractivity contribution is -0.114. The highest BCUT2D eigenvalue weighted by Crippen LogP contribution is 2.24. The van der Waals surface area contributed by atoms with Gasteiger partial charge in [-0.05, 0) is 24.3 Å². The molecule has 0 aliphatic carbocycles. The summed E-state index contributed by atoms with van der Waals surface area (Å²) in [6.45, 7) is 1.85. The number of hydrogen-bond acceptors (Lipinski definition) is 7. The lowest BCUT2D eigenvalue weighted by atomic mass is 10.2. The number of benzene rings is 1. The van der Waals surface area contributed by atoms with Crippen LogP contribution in [0.5, 0.6) is 0 Å². The van der Waals surface area contributed by atoms with Gasteiger partial charge in [-0.1, -0.05) is 5.16 Å². The van der Waals surface area contributed by atoms with Crippen LogP contribution in [0.15, 0.2) is 34.2 Å². The van der Waals surface area contributed by atoms with Crippen molar-refractivity contribution in [2.45, 2.75) is 13.5 Å². The molecule has 0 bridgehead atoms. The number of nitrogens with one attached hydrogen (secondary N) is 1. The number of nitrogens with zero attached hydrogens (tertiary/aromatic N) is 3. The summed E-state index contributed by atoms with van der Waals surface area (Å²) in [5, 5.41) is 9.30. The molecule has 0 spiro atoms. The molecular formula is C14H13N5O2S. The molecule has 0 saturated carbocycles. The Balaban J connectivity index is 1.82. The summed E-state index contributed by atoms with van der Waals surface area (Å²) in [5.74, 6) is 0.706. The van der Waals surface area contributed by atoms with E-state index in [0.29, 0.717) is 29.6 Å². The number of carbonyl (C=O) groups excluding carboxylic acids is 1. The first-order chi connectivity index (χ1) is 10.7. The van der Waals surface area contributed by atoms with E-state index in [1.165, 1.54) is 18.3 Å². The van der Waals surface area contributed by atoms with Gasteiger partial charge in [-0.25, -0.2) is 4.98 Å². The van der Waals surface area contributed by atoms with Crippen LogP contribution in [0.3, 0.4) is 0 Å². The summed E-state index contributed by atoms with van der Waals surface area (Å²) in [6, 6.07) is 7.18. The fourth-order valence-corrected chi connectivity index (χ4v) is 2.50. The van der Waals surface area contributed by atoms with Crippen molar-refractivity contribution < 1.29 is 9.32 Å². The molecule has 0 saturated heterocycles. The first-order valence-corrected chi connectivity index (χ1v) is 7.40. The van der Waals surface area contributed by atoms with Gasteiger partial charge in [0.1, 0.15) is 10.7 Å². The Bertz CT molecular complexity index is 794. The number of aromatic nitrogens is 3. The molecule has 0 radical (unpaired) electrons. The number of carbonyl (C=O) groups is 1. The third-order valence-corrected chi connectivity index (χ3v) is 3.71. The van der Waals surface area contributed by atoms with E-state index in [9.17, 15) is 4.79 Å². The summed E-state index contributed by atoms with van der Waals surface area (Å²) < 4.78 is 5.23. The maximum atomic E-state index is 11.0. The molecule has 0 fully saturated rings. The van der Waals surface area contributed by atoms with Gasteiger partial charge in [0.2, 0.25) is 11.7 Å². The first kappa shape index (κ1) is 14.4. The monoisotopic (exact) mass is 315 g/mol. The largest absolute Gasteiger partial charge is 0.332 e. The lowest BCUT2D eigenvalue weighted by Crippen LogP contribution is -2.05. The van der Waals surface area contributed by atoms with Crippen molar-refractivity contribution >= 4 is 22.9 Å². The maximum Gasteiger partial charge on any atom is 0.277 e. The second kappa shape index (κ2) is 6.04. The van der Waals surface area contributed by atoms with Crippen LogP contribution in [0.25, 0.3) is 23.0 Å². The number of rotatable bonds is 4. The van der Waals surface area contributed by atoms with Crippen LogP contribution in [-0.2, 0) is 11.3 Å². The Morgan fingerprint density at radius 3 is 2.73 bits per heavy atom. The predicted octanol–water partition coefficient (Wildman–Crippen LogP) is 2.28. The standard InChI is InChI=1S/C14H13N5O2S/c1-8(20)16-10-4-2-9(3-5-10)13-18-14(21-19-13)11-7-22-12(6-15)17-11/h2-5,7H,6,15H2,1H3,(H,16,20). The van der Waals surface area contributed by atoms with Crippen molar-refractivity contribution in [1.82, 2.24) is 15.1 Å². The molecule has 3 N–H and O–H groups in total. The maximum absolute atomic E-state index is 11.0. The van der Waals surface area contributed by atoms with Gasteiger partial charge in [-0.15, -0.1) is 11.3 Å². The molecule has 7 nitrogen and oxygen atoms in total. The van der Waals surface area contributed by atoms with Crippen molar-refractivity contribution in [3.8, 4) is 23.0 Å². The summed E-state index contributed by atoms with van der Waals surface area (Å²) in [5.41, 5.74) is 7.67. The molecule has 3 rings (SSSR count). The van der Waals surface area contributed by atoms with Crippen molar-refractivity contribution in [2.75, 3.05) is 5.32 Å². The van der Waals surface area contributed by atoms with Gasteiger partial charge < -0.3 is 15.6 Å². The number of thiazole rings is 1. The third-order valence-electron chi connectivity index (χ3n) is 2.83.